The topological polar surface area (TPSA) is 61.2 Å². The molecule has 1 aliphatic carbocycles. The van der Waals surface area contributed by atoms with Crippen LogP contribution in [-0.2, 0) is 21.4 Å². The van der Waals surface area contributed by atoms with Crippen molar-refractivity contribution in [2.45, 2.75) is 25.7 Å². The van der Waals surface area contributed by atoms with Crippen LogP contribution in [-0.4, -0.2) is 27.9 Å². The molecule has 0 bridgehead atoms. The molecule has 1 aromatic heterocycles. The summed E-state index contributed by atoms with van der Waals surface area (Å²) in [5, 5.41) is 0. The molecule has 2 unspecified atom stereocenters. The molecule has 1 aromatic rings. The van der Waals surface area contributed by atoms with Crippen LogP contribution in [0, 0.1) is 5.92 Å². The maximum absolute atomic E-state index is 11.7. The third kappa shape index (κ3) is 2.72. The molecule has 2 rings (SSSR count). The van der Waals surface area contributed by atoms with Crippen molar-refractivity contribution in [3.63, 3.8) is 0 Å². The van der Waals surface area contributed by atoms with E-state index in [4.69, 9.17) is 4.74 Å². The van der Waals surface area contributed by atoms with Crippen LogP contribution >= 0.6 is 0 Å². The summed E-state index contributed by atoms with van der Waals surface area (Å²) in [6, 6.07) is 0. The van der Waals surface area contributed by atoms with E-state index < -0.39 is 5.97 Å². The highest BCUT2D eigenvalue weighted by Crippen LogP contribution is 2.47. The number of rotatable bonds is 5. The number of ether oxygens (including phenoxy) is 1. The molecule has 0 amide bonds. The maximum atomic E-state index is 11.7. The maximum Gasteiger partial charge on any atom is 0.313 e. The molecule has 5 nitrogen and oxygen atoms in total. The van der Waals surface area contributed by atoms with E-state index in [9.17, 15) is 9.59 Å². The Kier molecular flexibility index (Phi) is 3.26. The van der Waals surface area contributed by atoms with E-state index in [1.807, 2.05) is 17.8 Å². The van der Waals surface area contributed by atoms with Gasteiger partial charge in [-0.1, -0.05) is 0 Å². The Labute approximate surface area is 99.8 Å². The fourth-order valence-electron chi connectivity index (χ4n) is 1.99. The summed E-state index contributed by atoms with van der Waals surface area (Å²) in [5.41, 5.74) is 0.940. The van der Waals surface area contributed by atoms with Crippen molar-refractivity contribution in [2.75, 3.05) is 6.61 Å². The lowest BCUT2D eigenvalue weighted by Gasteiger charge is -2.00. The van der Waals surface area contributed by atoms with Crippen LogP contribution in [0.25, 0.3) is 0 Å². The summed E-state index contributed by atoms with van der Waals surface area (Å²) in [6.45, 7) is 2.05. The summed E-state index contributed by atoms with van der Waals surface area (Å²) in [6.07, 6.45) is 4.33. The number of ketones is 1. The van der Waals surface area contributed by atoms with E-state index in [1.54, 1.807) is 13.3 Å². The molecule has 0 spiro atoms. The van der Waals surface area contributed by atoms with Gasteiger partial charge in [-0.2, -0.15) is 0 Å². The second kappa shape index (κ2) is 4.69. The van der Waals surface area contributed by atoms with Crippen LogP contribution in [0.15, 0.2) is 12.5 Å². The van der Waals surface area contributed by atoms with E-state index >= 15 is 0 Å². The van der Waals surface area contributed by atoms with E-state index in [1.165, 1.54) is 0 Å². The largest absolute Gasteiger partial charge is 0.466 e. The van der Waals surface area contributed by atoms with Gasteiger partial charge >= 0.3 is 5.97 Å². The molecule has 92 valence electrons. The summed E-state index contributed by atoms with van der Waals surface area (Å²) in [5.74, 6) is -0.310. The van der Waals surface area contributed by atoms with E-state index in [2.05, 4.69) is 4.98 Å². The molecular formula is C12H16N2O3. The monoisotopic (exact) mass is 236 g/mol. The first-order valence-corrected chi connectivity index (χ1v) is 5.78. The van der Waals surface area contributed by atoms with E-state index in [0.29, 0.717) is 6.61 Å². The third-order valence-corrected chi connectivity index (χ3v) is 2.93. The van der Waals surface area contributed by atoms with Crippen LogP contribution in [0.4, 0.5) is 0 Å². The molecule has 1 saturated carbocycles. The Bertz CT molecular complexity index is 439. The quantitative estimate of drug-likeness (QED) is 0.566. The summed E-state index contributed by atoms with van der Waals surface area (Å²) >= 11 is 0. The molecule has 0 saturated heterocycles. The minimum Gasteiger partial charge on any atom is -0.466 e. The second-order valence-corrected chi connectivity index (χ2v) is 4.36. The number of carbonyl (C=O) groups excluding carboxylic acids is 2. The summed E-state index contributed by atoms with van der Waals surface area (Å²) in [4.78, 5) is 27.1. The first kappa shape index (κ1) is 11.8. The second-order valence-electron chi connectivity index (χ2n) is 4.36. The summed E-state index contributed by atoms with van der Waals surface area (Å²) in [7, 11) is 1.90. The summed E-state index contributed by atoms with van der Waals surface area (Å²) < 4.78 is 6.62. The Morgan fingerprint density at radius 1 is 1.59 bits per heavy atom. The zero-order valence-electron chi connectivity index (χ0n) is 10.0. The van der Waals surface area contributed by atoms with Gasteiger partial charge in [-0.3, -0.25) is 9.59 Å². The Morgan fingerprint density at radius 2 is 2.35 bits per heavy atom. The minimum atomic E-state index is -0.427. The number of aryl methyl sites for hydroxylation is 1. The third-order valence-electron chi connectivity index (χ3n) is 2.93. The number of hydrogen-bond donors (Lipinski definition) is 0. The van der Waals surface area contributed by atoms with Crippen molar-refractivity contribution >= 4 is 11.8 Å². The molecule has 0 N–H and O–H groups in total. The van der Waals surface area contributed by atoms with E-state index in [-0.39, 0.29) is 24.0 Å². The number of nitrogens with zero attached hydrogens (tertiary/aromatic N) is 2. The normalized spacial score (nSPS) is 22.2. The number of carbonyl (C=O) groups is 2. The molecule has 0 aromatic carbocycles. The Hall–Kier alpha value is -1.65. The SMILES string of the molecule is CCOC(=O)CC(=O)C1CC1c1cn(C)cn1. The first-order valence-electron chi connectivity index (χ1n) is 5.78. The molecule has 2 atom stereocenters. The minimum absolute atomic E-state index is 0.0286. The van der Waals surface area contributed by atoms with Gasteiger partial charge in [0.1, 0.15) is 12.2 Å². The van der Waals surface area contributed by atoms with Gasteiger partial charge in [0.05, 0.1) is 18.6 Å². The van der Waals surface area contributed by atoms with Gasteiger partial charge in [0.2, 0.25) is 0 Å². The van der Waals surface area contributed by atoms with Crippen molar-refractivity contribution in [3.8, 4) is 0 Å². The van der Waals surface area contributed by atoms with Crippen LogP contribution < -0.4 is 0 Å². The van der Waals surface area contributed by atoms with Gasteiger partial charge in [-0.05, 0) is 13.3 Å². The number of hydrogen-bond acceptors (Lipinski definition) is 4. The predicted octanol–water partition coefficient (Wildman–Crippen LogP) is 1.05. The number of esters is 1. The van der Waals surface area contributed by atoms with Crippen molar-refractivity contribution < 1.29 is 14.3 Å². The molecule has 0 aliphatic heterocycles. The fourth-order valence-corrected chi connectivity index (χ4v) is 1.99. The molecule has 5 heteroatoms. The average molecular weight is 236 g/mol. The lowest BCUT2D eigenvalue weighted by Crippen LogP contribution is -2.13. The zero-order valence-corrected chi connectivity index (χ0v) is 10.0. The van der Waals surface area contributed by atoms with Crippen LogP contribution in [0.1, 0.15) is 31.4 Å². The van der Waals surface area contributed by atoms with Gasteiger partial charge in [-0.25, -0.2) is 4.98 Å². The molecule has 1 fully saturated rings. The first-order chi connectivity index (χ1) is 8.11. The van der Waals surface area contributed by atoms with Crippen molar-refractivity contribution in [1.82, 2.24) is 9.55 Å². The predicted molar refractivity (Wildman–Crippen MR) is 60.3 cm³/mol. The lowest BCUT2D eigenvalue weighted by molar-refractivity contribution is -0.145. The van der Waals surface area contributed by atoms with Crippen LogP contribution in [0.2, 0.25) is 0 Å². The Balaban J connectivity index is 1.86. The zero-order chi connectivity index (χ0) is 12.4. The molecule has 17 heavy (non-hydrogen) atoms. The molecule has 1 heterocycles. The Morgan fingerprint density at radius 3 is 2.94 bits per heavy atom. The number of Topliss-reactive ketones (excluding diaryl/α,β-unsaturated/α-hetero) is 1. The van der Waals surface area contributed by atoms with Crippen LogP contribution in [0.5, 0.6) is 0 Å². The van der Waals surface area contributed by atoms with Crippen molar-refractivity contribution in [2.24, 2.45) is 13.0 Å². The highest BCUT2D eigenvalue weighted by atomic mass is 16.5. The van der Waals surface area contributed by atoms with Gasteiger partial charge in [0, 0.05) is 25.1 Å². The molecule has 0 radical (unpaired) electrons. The molecular weight excluding hydrogens is 220 g/mol. The number of aromatic nitrogens is 2. The smallest absolute Gasteiger partial charge is 0.313 e. The molecule has 1 aliphatic rings. The van der Waals surface area contributed by atoms with Gasteiger partial charge in [-0.15, -0.1) is 0 Å². The average Bonchev–Trinajstić information content (AvgIpc) is 2.95. The van der Waals surface area contributed by atoms with Crippen molar-refractivity contribution in [1.29, 1.82) is 0 Å². The van der Waals surface area contributed by atoms with Crippen LogP contribution in [0.3, 0.4) is 0 Å². The standard InChI is InChI=1S/C12H16N2O3/c1-3-17-12(16)5-11(15)9-4-8(9)10-6-14(2)7-13-10/h6-9H,3-5H2,1-2H3. The highest BCUT2D eigenvalue weighted by molar-refractivity contribution is 5.98. The van der Waals surface area contributed by atoms with E-state index in [0.717, 1.165) is 12.1 Å². The fraction of sp³-hybridized carbons (Fsp3) is 0.583. The highest BCUT2D eigenvalue weighted by Gasteiger charge is 2.45. The van der Waals surface area contributed by atoms with Crippen molar-refractivity contribution in [3.05, 3.63) is 18.2 Å². The van der Waals surface area contributed by atoms with Gasteiger partial charge < -0.3 is 9.30 Å². The lowest BCUT2D eigenvalue weighted by atomic mass is 10.1. The number of imidazole rings is 1. The van der Waals surface area contributed by atoms with Gasteiger partial charge in [0.25, 0.3) is 0 Å². The van der Waals surface area contributed by atoms with Gasteiger partial charge in [0.15, 0.2) is 0 Å².